The van der Waals surface area contributed by atoms with Crippen molar-refractivity contribution in [1.29, 1.82) is 0 Å². The van der Waals surface area contributed by atoms with E-state index in [0.717, 1.165) is 0 Å². The summed E-state index contributed by atoms with van der Waals surface area (Å²) in [5.74, 6) is 0.554. The molecule has 0 radical (unpaired) electrons. The second-order valence-corrected chi connectivity index (χ2v) is 4.77. The summed E-state index contributed by atoms with van der Waals surface area (Å²) < 4.78 is 15.9. The maximum Gasteiger partial charge on any atom is 0.342 e. The van der Waals surface area contributed by atoms with Crippen molar-refractivity contribution in [3.05, 3.63) is 24.2 Å². The Hall–Kier alpha value is -1.78. The van der Waals surface area contributed by atoms with Crippen LogP contribution in [0.5, 0.6) is 0 Å². The maximum atomic E-state index is 12.1. The van der Waals surface area contributed by atoms with Crippen molar-refractivity contribution >= 4 is 11.9 Å². The number of carbonyl (C=O) groups excluding carboxylic acids is 1. The first kappa shape index (κ1) is 12.7. The highest BCUT2D eigenvalue weighted by Crippen LogP contribution is 2.33. The lowest BCUT2D eigenvalue weighted by molar-refractivity contribution is -0.157. The third kappa shape index (κ3) is 1.89. The Morgan fingerprint density at radius 1 is 1.50 bits per heavy atom. The van der Waals surface area contributed by atoms with Crippen LogP contribution in [0.3, 0.4) is 0 Å². The molecule has 1 aliphatic heterocycles. The molecule has 0 aliphatic carbocycles. The molecule has 0 bridgehead atoms. The fourth-order valence-electron chi connectivity index (χ4n) is 1.90. The highest BCUT2D eigenvalue weighted by Gasteiger charge is 2.47. The SMILES string of the molecule is COC1=N[C@@](C)(c2ccco2)C(=O)O[C@H]1C(C)C. The monoisotopic (exact) mass is 251 g/mol. The fraction of sp³-hybridized carbons (Fsp3) is 0.538. The zero-order valence-corrected chi connectivity index (χ0v) is 11.0. The number of methoxy groups -OCH3 is 1. The van der Waals surface area contributed by atoms with Gasteiger partial charge in [-0.25, -0.2) is 9.79 Å². The number of esters is 1. The van der Waals surface area contributed by atoms with Crippen LogP contribution in [-0.4, -0.2) is 25.1 Å². The summed E-state index contributed by atoms with van der Waals surface area (Å²) >= 11 is 0. The second-order valence-electron chi connectivity index (χ2n) is 4.77. The summed E-state index contributed by atoms with van der Waals surface area (Å²) in [5, 5.41) is 0. The first-order valence-corrected chi connectivity index (χ1v) is 5.88. The molecule has 0 spiro atoms. The van der Waals surface area contributed by atoms with Gasteiger partial charge in [-0.15, -0.1) is 0 Å². The molecule has 0 fully saturated rings. The van der Waals surface area contributed by atoms with E-state index in [1.165, 1.54) is 13.4 Å². The lowest BCUT2D eigenvalue weighted by atomic mass is 9.96. The van der Waals surface area contributed by atoms with Gasteiger partial charge in [0.15, 0.2) is 6.10 Å². The van der Waals surface area contributed by atoms with Crippen LogP contribution in [0.4, 0.5) is 0 Å². The van der Waals surface area contributed by atoms with Gasteiger partial charge in [0.1, 0.15) is 5.76 Å². The Labute approximate surface area is 106 Å². The van der Waals surface area contributed by atoms with Crippen molar-refractivity contribution in [3.63, 3.8) is 0 Å². The van der Waals surface area contributed by atoms with E-state index in [9.17, 15) is 4.79 Å². The predicted octanol–water partition coefficient (Wildman–Crippen LogP) is 2.12. The third-order valence-electron chi connectivity index (χ3n) is 3.02. The van der Waals surface area contributed by atoms with Gasteiger partial charge in [0.25, 0.3) is 0 Å². The lowest BCUT2D eigenvalue weighted by Gasteiger charge is -2.33. The molecule has 1 aromatic rings. The molecule has 2 heterocycles. The molecule has 1 aliphatic rings. The van der Waals surface area contributed by atoms with Crippen LogP contribution in [0.2, 0.25) is 0 Å². The molecule has 0 saturated carbocycles. The van der Waals surface area contributed by atoms with Crippen molar-refractivity contribution < 1.29 is 18.7 Å². The van der Waals surface area contributed by atoms with Crippen LogP contribution >= 0.6 is 0 Å². The topological polar surface area (TPSA) is 61.0 Å². The Balaban J connectivity index is 2.45. The molecule has 2 rings (SSSR count). The molecule has 0 unspecified atom stereocenters. The van der Waals surface area contributed by atoms with Gasteiger partial charge in [-0.05, 0) is 25.0 Å². The Bertz CT molecular complexity index is 463. The molecule has 1 aromatic heterocycles. The second kappa shape index (κ2) is 4.48. The number of ether oxygens (including phenoxy) is 2. The number of carbonyl (C=O) groups is 1. The van der Waals surface area contributed by atoms with Gasteiger partial charge in [0.05, 0.1) is 13.4 Å². The average Bonchev–Trinajstić information content (AvgIpc) is 2.86. The molecular weight excluding hydrogens is 234 g/mol. The molecule has 5 nitrogen and oxygen atoms in total. The summed E-state index contributed by atoms with van der Waals surface area (Å²) in [7, 11) is 1.52. The summed E-state index contributed by atoms with van der Waals surface area (Å²) in [5.41, 5.74) is -1.17. The van der Waals surface area contributed by atoms with Crippen LogP contribution in [0.15, 0.2) is 27.8 Å². The number of hydrogen-bond donors (Lipinski definition) is 0. The van der Waals surface area contributed by atoms with Crippen molar-refractivity contribution in [1.82, 2.24) is 0 Å². The quantitative estimate of drug-likeness (QED) is 0.755. The number of rotatable bonds is 2. The van der Waals surface area contributed by atoms with E-state index in [0.29, 0.717) is 11.7 Å². The number of hydrogen-bond acceptors (Lipinski definition) is 5. The largest absolute Gasteiger partial charge is 0.482 e. The molecule has 18 heavy (non-hydrogen) atoms. The molecule has 2 atom stereocenters. The third-order valence-corrected chi connectivity index (χ3v) is 3.02. The highest BCUT2D eigenvalue weighted by atomic mass is 16.6. The molecule has 5 heteroatoms. The van der Waals surface area contributed by atoms with Gasteiger partial charge < -0.3 is 13.9 Å². The van der Waals surface area contributed by atoms with Crippen molar-refractivity contribution in [2.45, 2.75) is 32.4 Å². The fourth-order valence-corrected chi connectivity index (χ4v) is 1.90. The van der Waals surface area contributed by atoms with E-state index in [1.54, 1.807) is 19.1 Å². The smallest absolute Gasteiger partial charge is 0.342 e. The summed E-state index contributed by atoms with van der Waals surface area (Å²) in [6.07, 6.45) is 1.07. The zero-order chi connectivity index (χ0) is 13.3. The first-order chi connectivity index (χ1) is 8.49. The first-order valence-electron chi connectivity index (χ1n) is 5.88. The van der Waals surface area contributed by atoms with E-state index >= 15 is 0 Å². The minimum atomic E-state index is -1.17. The van der Waals surface area contributed by atoms with E-state index in [4.69, 9.17) is 13.9 Å². The summed E-state index contributed by atoms with van der Waals surface area (Å²) in [4.78, 5) is 16.5. The number of furan rings is 1. The van der Waals surface area contributed by atoms with E-state index in [1.807, 2.05) is 13.8 Å². The van der Waals surface area contributed by atoms with Gasteiger partial charge in [-0.2, -0.15) is 0 Å². The Morgan fingerprint density at radius 2 is 2.22 bits per heavy atom. The van der Waals surface area contributed by atoms with Crippen LogP contribution in [0, 0.1) is 5.92 Å². The number of nitrogens with zero attached hydrogens (tertiary/aromatic N) is 1. The molecule has 0 N–H and O–H groups in total. The molecule has 0 amide bonds. The molecular formula is C13H17NO4. The zero-order valence-electron chi connectivity index (χ0n) is 11.0. The van der Waals surface area contributed by atoms with Crippen LogP contribution in [0.25, 0.3) is 0 Å². The number of aliphatic imine (C=N–C) groups is 1. The van der Waals surface area contributed by atoms with Crippen molar-refractivity contribution in [3.8, 4) is 0 Å². The Kier molecular flexibility index (Phi) is 3.15. The molecule has 0 aromatic carbocycles. The van der Waals surface area contributed by atoms with E-state index < -0.39 is 17.6 Å². The maximum absolute atomic E-state index is 12.1. The van der Waals surface area contributed by atoms with Gasteiger partial charge in [-0.3, -0.25) is 0 Å². The van der Waals surface area contributed by atoms with E-state index in [-0.39, 0.29) is 5.92 Å². The highest BCUT2D eigenvalue weighted by molar-refractivity contribution is 5.93. The van der Waals surface area contributed by atoms with Crippen molar-refractivity contribution in [2.24, 2.45) is 10.9 Å². The number of cyclic esters (lactones) is 1. The average molecular weight is 251 g/mol. The predicted molar refractivity (Wildman–Crippen MR) is 65.2 cm³/mol. The van der Waals surface area contributed by atoms with Gasteiger partial charge in [0, 0.05) is 0 Å². The van der Waals surface area contributed by atoms with Crippen LogP contribution < -0.4 is 0 Å². The van der Waals surface area contributed by atoms with Gasteiger partial charge >= 0.3 is 5.97 Å². The Morgan fingerprint density at radius 3 is 2.72 bits per heavy atom. The molecule has 0 saturated heterocycles. The standard InChI is InChI=1S/C13H17NO4/c1-8(2)10-11(16-4)14-13(3,12(15)18-10)9-6-5-7-17-9/h5-8,10H,1-4H3/t10-,13-/m0/s1. The van der Waals surface area contributed by atoms with Crippen molar-refractivity contribution in [2.75, 3.05) is 7.11 Å². The van der Waals surface area contributed by atoms with Crippen LogP contribution in [0.1, 0.15) is 26.5 Å². The van der Waals surface area contributed by atoms with Gasteiger partial charge in [-0.1, -0.05) is 13.8 Å². The summed E-state index contributed by atoms with van der Waals surface area (Å²) in [6.45, 7) is 5.55. The lowest BCUT2D eigenvalue weighted by Crippen LogP contribution is -2.46. The minimum absolute atomic E-state index is 0.105. The normalized spacial score (nSPS) is 27.9. The summed E-state index contributed by atoms with van der Waals surface area (Å²) in [6, 6.07) is 3.41. The van der Waals surface area contributed by atoms with Crippen LogP contribution in [-0.2, 0) is 19.8 Å². The minimum Gasteiger partial charge on any atom is -0.482 e. The molecule has 98 valence electrons. The van der Waals surface area contributed by atoms with Gasteiger partial charge in [0.2, 0.25) is 11.4 Å². The van der Waals surface area contributed by atoms with E-state index in [2.05, 4.69) is 4.99 Å².